The molecule has 4 aliphatic rings. The first-order valence-electron chi connectivity index (χ1n) is 17.5. The summed E-state index contributed by atoms with van der Waals surface area (Å²) in [7, 11) is 0. The van der Waals surface area contributed by atoms with Gasteiger partial charge in [0, 0.05) is 11.5 Å². The lowest BCUT2D eigenvalue weighted by Crippen LogP contribution is -2.63. The molecule has 0 aromatic heterocycles. The second kappa shape index (κ2) is 11.6. The van der Waals surface area contributed by atoms with Gasteiger partial charge in [0.1, 0.15) is 11.9 Å². The summed E-state index contributed by atoms with van der Waals surface area (Å²) in [6.07, 6.45) is 14.1. The Kier molecular flexibility index (Phi) is 8.80. The van der Waals surface area contributed by atoms with Gasteiger partial charge in [0.25, 0.3) is 0 Å². The minimum Gasteiger partial charge on any atom is -0.508 e. The number of ether oxygens (including phenoxy) is 1. The molecule has 0 aliphatic heterocycles. The van der Waals surface area contributed by atoms with Crippen LogP contribution in [0.3, 0.4) is 0 Å². The molecular formula is C40H60O4. The number of aliphatic hydroxyl groups is 1. The third-order valence-electron chi connectivity index (χ3n) is 14.2. The minimum absolute atomic E-state index is 0.0951. The van der Waals surface area contributed by atoms with Gasteiger partial charge in [0.15, 0.2) is 0 Å². The fourth-order valence-electron chi connectivity index (χ4n) is 11.8. The van der Waals surface area contributed by atoms with Gasteiger partial charge in [0.05, 0.1) is 5.60 Å². The predicted molar refractivity (Wildman–Crippen MR) is 180 cm³/mol. The van der Waals surface area contributed by atoms with Crippen molar-refractivity contribution < 1.29 is 19.7 Å². The van der Waals surface area contributed by atoms with Crippen LogP contribution in [0.25, 0.3) is 6.08 Å². The molecule has 0 amide bonds. The minimum atomic E-state index is -0.660. The average Bonchev–Trinajstić information content (AvgIpc) is 3.32. The Morgan fingerprint density at radius 3 is 2.16 bits per heavy atom. The summed E-state index contributed by atoms with van der Waals surface area (Å²) in [4.78, 5) is 13.0. The quantitative estimate of drug-likeness (QED) is 0.176. The van der Waals surface area contributed by atoms with Crippen LogP contribution in [0.5, 0.6) is 5.75 Å². The van der Waals surface area contributed by atoms with Crippen LogP contribution in [0.2, 0.25) is 0 Å². The van der Waals surface area contributed by atoms with E-state index in [0.717, 1.165) is 37.7 Å². The SMILES string of the molecule is C=C(CC[C@](C)(O)[C@H]1CC[C@H]2[C@]3(C)CC[C@H]4C(C)(C)[C@@H](OC(=O)/C=C\c5ccc(O)cc5)CC[C@]4(C)[C@H]3CC[C@@]21C)C(C)C. The van der Waals surface area contributed by atoms with Crippen molar-refractivity contribution in [2.75, 3.05) is 0 Å². The standard InChI is InChI=1S/C40H60O4/c1-26(2)27(3)18-25-40(9,43)33-16-15-31-38(7)22-19-30-36(4,5)34(21-24-37(30,6)32(38)20-23-39(31,33)8)44-35(42)17-12-28-10-13-29(41)14-11-28/h10-14,17,26,30-34,41,43H,3,15-16,18-25H2,1-2,4-9H3/b17-12-/t30-,31-,32+,33-,34-,37-,38-,39-,40-/m0/s1. The first-order chi connectivity index (χ1) is 20.4. The fourth-order valence-corrected chi connectivity index (χ4v) is 11.8. The summed E-state index contributed by atoms with van der Waals surface area (Å²) in [5, 5.41) is 21.5. The maximum Gasteiger partial charge on any atom is 0.331 e. The molecule has 0 unspecified atom stereocenters. The van der Waals surface area contributed by atoms with Crippen molar-refractivity contribution >= 4 is 12.0 Å². The van der Waals surface area contributed by atoms with Gasteiger partial charge < -0.3 is 14.9 Å². The maximum atomic E-state index is 13.0. The lowest BCUT2D eigenvalue weighted by atomic mass is 9.36. The van der Waals surface area contributed by atoms with E-state index in [0.29, 0.717) is 29.6 Å². The van der Waals surface area contributed by atoms with Crippen molar-refractivity contribution in [1.82, 2.24) is 0 Å². The molecule has 4 heteroatoms. The van der Waals surface area contributed by atoms with Crippen LogP contribution in [0.15, 0.2) is 42.5 Å². The van der Waals surface area contributed by atoms with E-state index in [9.17, 15) is 15.0 Å². The zero-order valence-electron chi connectivity index (χ0n) is 28.9. The third-order valence-corrected chi connectivity index (χ3v) is 14.2. The molecule has 0 bridgehead atoms. The van der Waals surface area contributed by atoms with Crippen LogP contribution in [-0.4, -0.2) is 27.9 Å². The van der Waals surface area contributed by atoms with Crippen LogP contribution < -0.4 is 0 Å². The van der Waals surface area contributed by atoms with E-state index in [1.807, 2.05) is 0 Å². The van der Waals surface area contributed by atoms with E-state index in [1.54, 1.807) is 30.3 Å². The molecule has 1 aromatic carbocycles. The molecular weight excluding hydrogens is 544 g/mol. The van der Waals surface area contributed by atoms with Gasteiger partial charge in [-0.2, -0.15) is 0 Å². The molecule has 44 heavy (non-hydrogen) atoms. The summed E-state index contributed by atoms with van der Waals surface area (Å²) < 4.78 is 6.19. The largest absolute Gasteiger partial charge is 0.508 e. The molecule has 4 saturated carbocycles. The summed E-state index contributed by atoms with van der Waals surface area (Å²) in [5.74, 6) is 2.53. The Bertz CT molecular complexity index is 1260. The molecule has 4 aliphatic carbocycles. The summed E-state index contributed by atoms with van der Waals surface area (Å²) in [6.45, 7) is 23.3. The van der Waals surface area contributed by atoms with Gasteiger partial charge in [0.2, 0.25) is 0 Å². The van der Waals surface area contributed by atoms with E-state index in [4.69, 9.17) is 4.74 Å². The molecule has 244 valence electrons. The van der Waals surface area contributed by atoms with Crippen LogP contribution in [0, 0.1) is 51.2 Å². The first-order valence-corrected chi connectivity index (χ1v) is 17.5. The molecule has 0 radical (unpaired) electrons. The van der Waals surface area contributed by atoms with Gasteiger partial charge in [-0.15, -0.1) is 0 Å². The third kappa shape index (κ3) is 5.60. The number of benzene rings is 1. The number of carbonyl (C=O) groups excluding carboxylic acids is 1. The Balaban J connectivity index is 1.30. The van der Waals surface area contributed by atoms with Crippen molar-refractivity contribution in [3.05, 3.63) is 48.1 Å². The average molecular weight is 605 g/mol. The van der Waals surface area contributed by atoms with Crippen LogP contribution in [-0.2, 0) is 9.53 Å². The zero-order chi connectivity index (χ0) is 32.3. The lowest BCUT2D eigenvalue weighted by molar-refractivity contribution is -0.221. The van der Waals surface area contributed by atoms with Crippen molar-refractivity contribution in [3.63, 3.8) is 0 Å². The molecule has 0 heterocycles. The number of hydrogen-bond acceptors (Lipinski definition) is 4. The van der Waals surface area contributed by atoms with Crippen molar-refractivity contribution in [2.24, 2.45) is 51.2 Å². The number of phenols is 1. The molecule has 1 aromatic rings. The molecule has 0 spiro atoms. The molecule has 2 N–H and O–H groups in total. The Labute approximate surface area is 267 Å². The second-order valence-electron chi connectivity index (χ2n) is 17.3. The number of hydrogen-bond donors (Lipinski definition) is 2. The van der Waals surface area contributed by atoms with Gasteiger partial charge in [-0.3, -0.25) is 0 Å². The number of fused-ring (bicyclic) bond motifs is 5. The molecule has 4 fully saturated rings. The van der Waals surface area contributed by atoms with Crippen molar-refractivity contribution in [1.29, 1.82) is 0 Å². The number of allylic oxidation sites excluding steroid dienone is 1. The Morgan fingerprint density at radius 1 is 0.932 bits per heavy atom. The van der Waals surface area contributed by atoms with Gasteiger partial charge in [-0.1, -0.05) is 72.8 Å². The van der Waals surface area contributed by atoms with E-state index in [1.165, 1.54) is 43.8 Å². The first kappa shape index (κ1) is 33.3. The smallest absolute Gasteiger partial charge is 0.331 e. The van der Waals surface area contributed by atoms with Crippen LogP contribution in [0.4, 0.5) is 0 Å². The van der Waals surface area contributed by atoms with E-state index < -0.39 is 5.60 Å². The Hall–Kier alpha value is -2.07. The highest BCUT2D eigenvalue weighted by molar-refractivity contribution is 5.87. The lowest BCUT2D eigenvalue weighted by Gasteiger charge is -2.69. The summed E-state index contributed by atoms with van der Waals surface area (Å²) >= 11 is 0. The number of rotatable bonds is 8. The van der Waals surface area contributed by atoms with E-state index in [2.05, 4.69) is 62.0 Å². The number of esters is 1. The molecule has 5 rings (SSSR count). The maximum absolute atomic E-state index is 13.0. The predicted octanol–water partition coefficient (Wildman–Crippen LogP) is 9.75. The normalized spacial score (nSPS) is 39.3. The van der Waals surface area contributed by atoms with Gasteiger partial charge >= 0.3 is 5.97 Å². The number of phenolic OH excluding ortho intramolecular Hbond substituents is 1. The van der Waals surface area contributed by atoms with Crippen molar-refractivity contribution in [3.8, 4) is 5.75 Å². The highest BCUT2D eigenvalue weighted by atomic mass is 16.5. The highest BCUT2D eigenvalue weighted by Crippen LogP contribution is 2.74. The summed E-state index contributed by atoms with van der Waals surface area (Å²) in [5.41, 5.74) is 2.02. The molecule has 4 nitrogen and oxygen atoms in total. The number of aromatic hydroxyl groups is 1. The van der Waals surface area contributed by atoms with E-state index >= 15 is 0 Å². The molecule has 0 saturated heterocycles. The zero-order valence-corrected chi connectivity index (χ0v) is 28.9. The van der Waals surface area contributed by atoms with Crippen LogP contribution >= 0.6 is 0 Å². The second-order valence-corrected chi connectivity index (χ2v) is 17.3. The molecule has 9 atom stereocenters. The highest BCUT2D eigenvalue weighted by Gasteiger charge is 2.68. The fraction of sp³-hybridized carbons (Fsp3) is 0.725. The Morgan fingerprint density at radius 2 is 1.50 bits per heavy atom. The van der Waals surface area contributed by atoms with Gasteiger partial charge in [-0.25, -0.2) is 4.79 Å². The van der Waals surface area contributed by atoms with Gasteiger partial charge in [-0.05, 0) is 141 Å². The van der Waals surface area contributed by atoms with E-state index in [-0.39, 0.29) is 39.5 Å². The van der Waals surface area contributed by atoms with Crippen LogP contribution in [0.1, 0.15) is 125 Å². The monoisotopic (exact) mass is 604 g/mol. The summed E-state index contributed by atoms with van der Waals surface area (Å²) in [6, 6.07) is 6.84. The number of carbonyl (C=O) groups is 1. The topological polar surface area (TPSA) is 66.8 Å². The van der Waals surface area contributed by atoms with Crippen molar-refractivity contribution in [2.45, 2.75) is 131 Å².